The molecule has 2 atom stereocenters. The molecule has 8 nitrogen and oxygen atoms in total. The van der Waals surface area contributed by atoms with Crippen LogP contribution < -0.4 is 0 Å². The van der Waals surface area contributed by atoms with Crippen molar-refractivity contribution in [2.45, 2.75) is 12.1 Å². The van der Waals surface area contributed by atoms with Gasteiger partial charge in [0.25, 0.3) is 17.5 Å². The molecule has 0 spiro atoms. The molecule has 0 aliphatic carbocycles. The van der Waals surface area contributed by atoms with E-state index in [9.17, 15) is 29.9 Å². The Balaban J connectivity index is 1.86. The third kappa shape index (κ3) is 3.17. The van der Waals surface area contributed by atoms with Crippen molar-refractivity contribution in [3.05, 3.63) is 49.8 Å². The van der Waals surface area contributed by atoms with Crippen LogP contribution in [0.2, 0.25) is 0 Å². The van der Waals surface area contributed by atoms with E-state index in [1.807, 2.05) is 0 Å². The van der Waals surface area contributed by atoms with E-state index in [4.69, 9.17) is 0 Å². The fourth-order valence-corrected chi connectivity index (χ4v) is 5.00. The highest BCUT2D eigenvalue weighted by Gasteiger charge is 2.45. The van der Waals surface area contributed by atoms with E-state index in [0.29, 0.717) is 21.3 Å². The maximum Gasteiger partial charge on any atom is 0.269 e. The Kier molecular flexibility index (Phi) is 5.13. The molecule has 0 fully saturated rings. The molecule has 10 heteroatoms. The first kappa shape index (κ1) is 17.9. The predicted molar refractivity (Wildman–Crippen MR) is 92.7 cm³/mol. The molecule has 2 aliphatic heterocycles. The number of thioether (sulfide) groups is 2. The fraction of sp³-hybridized carbons (Fsp3) is 0.333. The Labute approximate surface area is 151 Å². The van der Waals surface area contributed by atoms with Crippen molar-refractivity contribution in [1.82, 2.24) is 4.90 Å². The molecule has 2 aliphatic rings. The standard InChI is InChI=1S/C15H14N2O6S2/c18-7-10(11(19)8-1-3-9(4-2-8)17(22)23)16-14(20)12-13(15(16)21)25-6-5-24-12/h1-4,10-11,18-19H,5-7H2/t10?,11-/m0/s1. The molecule has 0 saturated carbocycles. The molecular weight excluding hydrogens is 368 g/mol. The van der Waals surface area contributed by atoms with Crippen molar-refractivity contribution in [2.24, 2.45) is 0 Å². The number of benzene rings is 1. The first-order chi connectivity index (χ1) is 12.0. The Morgan fingerprint density at radius 3 is 2.08 bits per heavy atom. The monoisotopic (exact) mass is 382 g/mol. The van der Waals surface area contributed by atoms with Gasteiger partial charge in [0.05, 0.1) is 27.4 Å². The number of carbonyl (C=O) groups excluding carboxylic acids is 2. The second kappa shape index (κ2) is 7.16. The SMILES string of the molecule is O=C1C2=C(SCCS2)C(=O)N1C(CO)[C@@H](O)c1ccc([N+](=O)[O-])cc1. The Bertz CT molecular complexity index is 736. The van der Waals surface area contributed by atoms with Crippen molar-refractivity contribution < 1.29 is 24.7 Å². The van der Waals surface area contributed by atoms with Crippen LogP contribution in [0.15, 0.2) is 34.1 Å². The highest BCUT2D eigenvalue weighted by Crippen LogP contribution is 2.42. The summed E-state index contributed by atoms with van der Waals surface area (Å²) in [5, 5.41) is 30.9. The molecule has 2 N–H and O–H groups in total. The number of nitro benzene ring substituents is 1. The zero-order chi connectivity index (χ0) is 18.1. The summed E-state index contributed by atoms with van der Waals surface area (Å²) in [7, 11) is 0. The van der Waals surface area contributed by atoms with Gasteiger partial charge in [-0.2, -0.15) is 0 Å². The number of nitro groups is 1. The quantitative estimate of drug-likeness (QED) is 0.440. The summed E-state index contributed by atoms with van der Waals surface area (Å²) in [5.74, 6) is 0.394. The third-order valence-corrected chi connectivity index (χ3v) is 6.48. The second-order valence-corrected chi connectivity index (χ2v) is 7.59. The van der Waals surface area contributed by atoms with E-state index in [2.05, 4.69) is 0 Å². The fourth-order valence-electron chi connectivity index (χ4n) is 2.69. The van der Waals surface area contributed by atoms with Gasteiger partial charge in [-0.05, 0) is 17.7 Å². The van der Waals surface area contributed by atoms with Crippen LogP contribution in [0.1, 0.15) is 11.7 Å². The summed E-state index contributed by atoms with van der Waals surface area (Å²) < 4.78 is 0. The first-order valence-corrected chi connectivity index (χ1v) is 9.34. The van der Waals surface area contributed by atoms with Gasteiger partial charge >= 0.3 is 0 Å². The molecule has 2 heterocycles. The molecule has 1 aromatic rings. The number of non-ortho nitro benzene ring substituents is 1. The van der Waals surface area contributed by atoms with Gasteiger partial charge in [-0.3, -0.25) is 24.6 Å². The van der Waals surface area contributed by atoms with Crippen LogP contribution in [0.3, 0.4) is 0 Å². The topological polar surface area (TPSA) is 121 Å². The lowest BCUT2D eigenvalue weighted by Gasteiger charge is -2.29. The Hall–Kier alpha value is -1.88. The smallest absolute Gasteiger partial charge is 0.269 e. The summed E-state index contributed by atoms with van der Waals surface area (Å²) in [4.78, 5) is 36.8. The van der Waals surface area contributed by atoms with Gasteiger partial charge in [0.1, 0.15) is 6.10 Å². The number of rotatable bonds is 5. The number of hydrogen-bond donors (Lipinski definition) is 2. The van der Waals surface area contributed by atoms with Crippen molar-refractivity contribution in [3.8, 4) is 0 Å². The van der Waals surface area contributed by atoms with Crippen LogP contribution in [0.4, 0.5) is 5.69 Å². The number of hydrogen-bond acceptors (Lipinski definition) is 8. The van der Waals surface area contributed by atoms with Crippen LogP contribution in [-0.2, 0) is 9.59 Å². The summed E-state index contributed by atoms with van der Waals surface area (Å²) in [5.41, 5.74) is 0.130. The van der Waals surface area contributed by atoms with E-state index in [-0.39, 0.29) is 11.3 Å². The minimum atomic E-state index is -1.35. The van der Waals surface area contributed by atoms with E-state index in [1.165, 1.54) is 47.8 Å². The number of aliphatic hydroxyl groups excluding tert-OH is 2. The summed E-state index contributed by atoms with van der Waals surface area (Å²) in [6.07, 6.45) is -1.35. The van der Waals surface area contributed by atoms with Crippen LogP contribution in [0.25, 0.3) is 0 Å². The molecule has 0 aromatic heterocycles. The number of aliphatic hydroxyl groups is 2. The molecule has 1 aromatic carbocycles. The zero-order valence-corrected chi connectivity index (χ0v) is 14.5. The van der Waals surface area contributed by atoms with Gasteiger partial charge in [-0.1, -0.05) is 0 Å². The maximum atomic E-state index is 12.5. The lowest BCUT2D eigenvalue weighted by molar-refractivity contribution is -0.384. The number of carbonyl (C=O) groups is 2. The van der Waals surface area contributed by atoms with Crippen molar-refractivity contribution in [2.75, 3.05) is 18.1 Å². The predicted octanol–water partition coefficient (Wildman–Crippen LogP) is 1.05. The Morgan fingerprint density at radius 1 is 1.12 bits per heavy atom. The lowest BCUT2D eigenvalue weighted by Crippen LogP contribution is -2.46. The highest BCUT2D eigenvalue weighted by molar-refractivity contribution is 8.11. The van der Waals surface area contributed by atoms with Crippen molar-refractivity contribution in [3.63, 3.8) is 0 Å². The Morgan fingerprint density at radius 2 is 1.64 bits per heavy atom. The summed E-state index contributed by atoms with van der Waals surface area (Å²) in [6.45, 7) is -0.620. The van der Waals surface area contributed by atoms with Crippen molar-refractivity contribution in [1.29, 1.82) is 0 Å². The largest absolute Gasteiger partial charge is 0.394 e. The van der Waals surface area contributed by atoms with Crippen molar-refractivity contribution >= 4 is 41.0 Å². The minimum Gasteiger partial charge on any atom is -0.394 e. The minimum absolute atomic E-state index is 0.144. The third-order valence-electron chi connectivity index (χ3n) is 3.94. The molecule has 1 unspecified atom stereocenters. The zero-order valence-electron chi connectivity index (χ0n) is 12.8. The molecule has 3 rings (SSSR count). The lowest BCUT2D eigenvalue weighted by atomic mass is 10.0. The summed E-state index contributed by atoms with van der Waals surface area (Å²) in [6, 6.07) is 3.96. The molecule has 132 valence electrons. The molecule has 0 bridgehead atoms. The van der Waals surface area contributed by atoms with Gasteiger partial charge in [-0.15, -0.1) is 23.5 Å². The second-order valence-electron chi connectivity index (χ2n) is 5.38. The van der Waals surface area contributed by atoms with E-state index >= 15 is 0 Å². The van der Waals surface area contributed by atoms with Gasteiger partial charge < -0.3 is 10.2 Å². The van der Waals surface area contributed by atoms with Crippen LogP contribution >= 0.6 is 23.5 Å². The van der Waals surface area contributed by atoms with Gasteiger partial charge in [-0.25, -0.2) is 0 Å². The van der Waals surface area contributed by atoms with E-state index < -0.39 is 35.5 Å². The maximum absolute atomic E-state index is 12.5. The van der Waals surface area contributed by atoms with E-state index in [1.54, 1.807) is 0 Å². The molecule has 2 amide bonds. The molecule has 0 saturated heterocycles. The number of nitrogens with zero attached hydrogens (tertiary/aromatic N) is 2. The van der Waals surface area contributed by atoms with Crippen LogP contribution in [-0.4, -0.2) is 56.0 Å². The van der Waals surface area contributed by atoms with Crippen LogP contribution in [0, 0.1) is 10.1 Å². The summed E-state index contributed by atoms with van der Waals surface area (Å²) >= 11 is 2.60. The molecule has 0 radical (unpaired) electrons. The normalized spacial score (nSPS) is 19.8. The highest BCUT2D eigenvalue weighted by atomic mass is 32.2. The van der Waals surface area contributed by atoms with Gasteiger partial charge in [0.15, 0.2) is 0 Å². The number of imide groups is 1. The van der Waals surface area contributed by atoms with Gasteiger partial charge in [0.2, 0.25) is 0 Å². The molecule has 25 heavy (non-hydrogen) atoms. The van der Waals surface area contributed by atoms with E-state index in [0.717, 1.165) is 4.90 Å². The van der Waals surface area contributed by atoms with Crippen LogP contribution in [0.5, 0.6) is 0 Å². The first-order valence-electron chi connectivity index (χ1n) is 7.36. The van der Waals surface area contributed by atoms with Gasteiger partial charge in [0, 0.05) is 23.6 Å². The number of amides is 2. The average molecular weight is 382 g/mol. The average Bonchev–Trinajstić information content (AvgIpc) is 2.88. The molecular formula is C15H14N2O6S2.